The van der Waals surface area contributed by atoms with Crippen molar-refractivity contribution in [3.05, 3.63) is 35.0 Å². The van der Waals surface area contributed by atoms with Gasteiger partial charge in [-0.2, -0.15) is 0 Å². The number of hydrogen-bond donors (Lipinski definition) is 1. The van der Waals surface area contributed by atoms with Gasteiger partial charge in [-0.1, -0.05) is 5.16 Å². The summed E-state index contributed by atoms with van der Waals surface area (Å²) < 4.78 is 9.94. The smallest absolute Gasteiger partial charge is 0.356 e. The number of rotatable bonds is 4. The highest BCUT2D eigenvalue weighted by Crippen LogP contribution is 2.25. The van der Waals surface area contributed by atoms with Gasteiger partial charge in [-0.25, -0.2) is 14.8 Å². The molecule has 1 fully saturated rings. The van der Waals surface area contributed by atoms with Crippen LogP contribution in [0.3, 0.4) is 0 Å². The number of carbonyl (C=O) groups excluding carboxylic acids is 1. The summed E-state index contributed by atoms with van der Waals surface area (Å²) in [6.07, 6.45) is 0.0647. The molecule has 0 amide bonds. The molecule has 24 heavy (non-hydrogen) atoms. The maximum absolute atomic E-state index is 11.7. The Kier molecular flexibility index (Phi) is 4.48. The molecule has 3 rings (SSSR count). The number of carbonyl (C=O) groups is 1. The van der Waals surface area contributed by atoms with E-state index in [1.165, 1.54) is 7.11 Å². The minimum Gasteiger partial charge on any atom is -0.464 e. The summed E-state index contributed by atoms with van der Waals surface area (Å²) in [7, 11) is 1.31. The Hall–Kier alpha value is -2.48. The second kappa shape index (κ2) is 6.56. The standard InChI is InChI=1S/C16H20N4O4/c1-9-5-13(15(22)23-3)18-16(17-9)20-7-11(14(21)8-20)6-12-4-10(2)19-24-12/h4-5,11,14,21H,6-8H2,1-3H3/t11-,14+/m1/s1. The van der Waals surface area contributed by atoms with Crippen LogP contribution >= 0.6 is 0 Å². The molecule has 0 saturated carbocycles. The first-order chi connectivity index (χ1) is 11.5. The molecule has 0 unspecified atom stereocenters. The van der Waals surface area contributed by atoms with E-state index < -0.39 is 12.1 Å². The zero-order valence-corrected chi connectivity index (χ0v) is 13.9. The van der Waals surface area contributed by atoms with Crippen LogP contribution in [0.5, 0.6) is 0 Å². The van der Waals surface area contributed by atoms with E-state index in [0.29, 0.717) is 31.2 Å². The number of β-amino-alcohol motifs (C(OH)–C–C–N with tert-alkyl or cyclic N) is 1. The van der Waals surface area contributed by atoms with E-state index in [4.69, 9.17) is 9.26 Å². The molecule has 0 aliphatic carbocycles. The third-order valence-corrected chi connectivity index (χ3v) is 4.07. The normalized spacial score (nSPS) is 20.4. The van der Waals surface area contributed by atoms with E-state index in [9.17, 15) is 9.90 Å². The first-order valence-electron chi connectivity index (χ1n) is 7.75. The molecule has 0 bridgehead atoms. The van der Waals surface area contributed by atoms with E-state index >= 15 is 0 Å². The lowest BCUT2D eigenvalue weighted by atomic mass is 10.0. The van der Waals surface area contributed by atoms with Crippen LogP contribution in [0.25, 0.3) is 0 Å². The molecule has 0 radical (unpaired) electrons. The Bertz CT molecular complexity index is 745. The summed E-state index contributed by atoms with van der Waals surface area (Å²) in [5, 5.41) is 14.2. The molecule has 2 aromatic heterocycles. The van der Waals surface area contributed by atoms with Crippen molar-refractivity contribution in [2.24, 2.45) is 5.92 Å². The molecular weight excluding hydrogens is 312 g/mol. The van der Waals surface area contributed by atoms with Gasteiger partial charge in [-0.15, -0.1) is 0 Å². The topological polar surface area (TPSA) is 102 Å². The Labute approximate surface area is 139 Å². The van der Waals surface area contributed by atoms with Gasteiger partial charge >= 0.3 is 5.97 Å². The number of aryl methyl sites for hydroxylation is 2. The van der Waals surface area contributed by atoms with Gasteiger partial charge in [0, 0.05) is 37.2 Å². The van der Waals surface area contributed by atoms with E-state index in [1.807, 2.05) is 17.9 Å². The van der Waals surface area contributed by atoms with Crippen LogP contribution in [0.1, 0.15) is 27.6 Å². The first-order valence-corrected chi connectivity index (χ1v) is 7.75. The number of esters is 1. The van der Waals surface area contributed by atoms with Crippen molar-refractivity contribution in [3.63, 3.8) is 0 Å². The lowest BCUT2D eigenvalue weighted by molar-refractivity contribution is 0.0593. The molecular formula is C16H20N4O4. The van der Waals surface area contributed by atoms with Crippen LogP contribution in [0, 0.1) is 19.8 Å². The predicted octanol–water partition coefficient (Wildman–Crippen LogP) is 0.908. The van der Waals surface area contributed by atoms with Crippen molar-refractivity contribution < 1.29 is 19.2 Å². The molecule has 8 nitrogen and oxygen atoms in total. The van der Waals surface area contributed by atoms with Crippen LogP contribution < -0.4 is 4.90 Å². The van der Waals surface area contributed by atoms with Crippen LogP contribution in [0.2, 0.25) is 0 Å². The van der Waals surface area contributed by atoms with Gasteiger partial charge in [0.2, 0.25) is 5.95 Å². The number of aromatic nitrogens is 3. The first kappa shape index (κ1) is 16.4. The summed E-state index contributed by atoms with van der Waals surface area (Å²) in [5.74, 6) is 0.655. The van der Waals surface area contributed by atoms with Crippen molar-refractivity contribution in [3.8, 4) is 0 Å². The van der Waals surface area contributed by atoms with Gasteiger partial charge in [0.25, 0.3) is 0 Å². The quantitative estimate of drug-likeness (QED) is 0.824. The third kappa shape index (κ3) is 3.38. The molecule has 0 aromatic carbocycles. The number of anilines is 1. The minimum atomic E-state index is -0.527. The summed E-state index contributed by atoms with van der Waals surface area (Å²) in [6.45, 7) is 4.63. The number of aliphatic hydroxyl groups excluding tert-OH is 1. The molecule has 8 heteroatoms. The average Bonchev–Trinajstić information content (AvgIpc) is 3.12. The Balaban J connectivity index is 1.76. The molecule has 2 aromatic rings. The highest BCUT2D eigenvalue weighted by atomic mass is 16.5. The molecule has 3 heterocycles. The molecule has 128 valence electrons. The van der Waals surface area contributed by atoms with E-state index in [0.717, 1.165) is 11.5 Å². The highest BCUT2D eigenvalue weighted by molar-refractivity contribution is 5.87. The zero-order valence-electron chi connectivity index (χ0n) is 13.9. The minimum absolute atomic E-state index is 0.0111. The van der Waals surface area contributed by atoms with Gasteiger partial charge in [-0.05, 0) is 19.9 Å². The SMILES string of the molecule is COC(=O)c1cc(C)nc(N2C[C@@H](Cc3cc(C)no3)[C@@H](O)C2)n1. The van der Waals surface area contributed by atoms with Crippen LogP contribution in [-0.4, -0.2) is 52.5 Å². The lowest BCUT2D eigenvalue weighted by Crippen LogP contribution is -2.24. The number of hydrogen-bond acceptors (Lipinski definition) is 8. The van der Waals surface area contributed by atoms with Gasteiger partial charge in [-0.3, -0.25) is 0 Å². The average molecular weight is 332 g/mol. The van der Waals surface area contributed by atoms with Crippen molar-refractivity contribution in [2.75, 3.05) is 25.1 Å². The molecule has 0 spiro atoms. The monoisotopic (exact) mass is 332 g/mol. The van der Waals surface area contributed by atoms with E-state index in [1.54, 1.807) is 13.0 Å². The van der Waals surface area contributed by atoms with Gasteiger partial charge in [0.15, 0.2) is 5.69 Å². The maximum atomic E-state index is 11.7. The maximum Gasteiger partial charge on any atom is 0.356 e. The fourth-order valence-corrected chi connectivity index (χ4v) is 2.89. The second-order valence-electron chi connectivity index (χ2n) is 6.06. The van der Waals surface area contributed by atoms with Crippen molar-refractivity contribution in [1.29, 1.82) is 0 Å². The highest BCUT2D eigenvalue weighted by Gasteiger charge is 2.34. The number of methoxy groups -OCH3 is 1. The van der Waals surface area contributed by atoms with Crippen molar-refractivity contribution in [1.82, 2.24) is 15.1 Å². The van der Waals surface area contributed by atoms with Gasteiger partial charge in [0.05, 0.1) is 18.9 Å². The Morgan fingerprint density at radius 1 is 1.33 bits per heavy atom. The molecule has 1 saturated heterocycles. The number of ether oxygens (including phenoxy) is 1. The molecule has 1 aliphatic rings. The van der Waals surface area contributed by atoms with Gasteiger partial charge < -0.3 is 19.3 Å². The van der Waals surface area contributed by atoms with Crippen LogP contribution in [0.15, 0.2) is 16.7 Å². The molecule has 2 atom stereocenters. The molecule has 1 N–H and O–H groups in total. The fraction of sp³-hybridized carbons (Fsp3) is 0.500. The lowest BCUT2D eigenvalue weighted by Gasteiger charge is -2.16. The van der Waals surface area contributed by atoms with Crippen LogP contribution in [-0.2, 0) is 11.2 Å². The summed E-state index contributed by atoms with van der Waals surface area (Å²) >= 11 is 0. The number of nitrogens with zero attached hydrogens (tertiary/aromatic N) is 4. The van der Waals surface area contributed by atoms with Crippen LogP contribution in [0.4, 0.5) is 5.95 Å². The Morgan fingerprint density at radius 2 is 2.12 bits per heavy atom. The van der Waals surface area contributed by atoms with Crippen molar-refractivity contribution in [2.45, 2.75) is 26.4 Å². The summed E-state index contributed by atoms with van der Waals surface area (Å²) in [6, 6.07) is 3.45. The zero-order chi connectivity index (χ0) is 17.3. The van der Waals surface area contributed by atoms with E-state index in [-0.39, 0.29) is 11.6 Å². The largest absolute Gasteiger partial charge is 0.464 e. The predicted molar refractivity (Wildman–Crippen MR) is 84.8 cm³/mol. The summed E-state index contributed by atoms with van der Waals surface area (Å²) in [4.78, 5) is 22.2. The number of aliphatic hydroxyl groups is 1. The molecule has 1 aliphatic heterocycles. The summed E-state index contributed by atoms with van der Waals surface area (Å²) in [5.41, 5.74) is 1.70. The fourth-order valence-electron chi connectivity index (χ4n) is 2.89. The second-order valence-corrected chi connectivity index (χ2v) is 6.06. The third-order valence-electron chi connectivity index (χ3n) is 4.07. The van der Waals surface area contributed by atoms with Crippen molar-refractivity contribution >= 4 is 11.9 Å². The van der Waals surface area contributed by atoms with Gasteiger partial charge in [0.1, 0.15) is 5.76 Å². The van der Waals surface area contributed by atoms with E-state index in [2.05, 4.69) is 15.1 Å². The Morgan fingerprint density at radius 3 is 2.79 bits per heavy atom.